The van der Waals surface area contributed by atoms with E-state index in [1.165, 1.54) is 25.3 Å². The molecule has 4 rings (SSSR count). The molecule has 33 heavy (non-hydrogen) atoms. The summed E-state index contributed by atoms with van der Waals surface area (Å²) in [5.74, 6) is 0.322. The third-order valence-corrected chi connectivity index (χ3v) is 5.67. The van der Waals surface area contributed by atoms with E-state index in [0.29, 0.717) is 44.1 Å². The smallest absolute Gasteiger partial charge is 0.416 e. The predicted molar refractivity (Wildman–Crippen MR) is 124 cm³/mol. The Balaban J connectivity index is 1.90. The van der Waals surface area contributed by atoms with Gasteiger partial charge in [0.2, 0.25) is 10.0 Å². The standard InChI is InChI=1S/C22H17ClF3N3O3S/c1-32-20-11-14(29-33(2,30)31)5-8-17(20)28-21-15-6-3-12(22(24,25)26)9-18(15)27-19-10-13(23)4-7-16(19)21/h3-11,29H,1-2H3,(H,27,28). The van der Waals surface area contributed by atoms with Gasteiger partial charge in [0.1, 0.15) is 5.75 Å². The fourth-order valence-corrected chi connectivity index (χ4v) is 4.16. The number of sulfonamides is 1. The van der Waals surface area contributed by atoms with Gasteiger partial charge in [0.25, 0.3) is 0 Å². The lowest BCUT2D eigenvalue weighted by atomic mass is 10.0. The minimum absolute atomic E-state index is 0.136. The van der Waals surface area contributed by atoms with Crippen molar-refractivity contribution in [3.63, 3.8) is 0 Å². The van der Waals surface area contributed by atoms with Gasteiger partial charge in [-0.1, -0.05) is 17.7 Å². The number of anilines is 3. The fraction of sp³-hybridized carbons (Fsp3) is 0.136. The number of hydrogen-bond acceptors (Lipinski definition) is 5. The zero-order valence-electron chi connectivity index (χ0n) is 17.3. The van der Waals surface area contributed by atoms with Crippen molar-refractivity contribution in [3.8, 4) is 5.75 Å². The lowest BCUT2D eigenvalue weighted by Crippen LogP contribution is -2.09. The first-order valence-corrected chi connectivity index (χ1v) is 11.7. The predicted octanol–water partition coefficient (Wildman–Crippen LogP) is 6.18. The maximum absolute atomic E-state index is 13.3. The summed E-state index contributed by atoms with van der Waals surface area (Å²) in [5, 5.41) is 4.69. The van der Waals surface area contributed by atoms with Crippen LogP contribution in [0.1, 0.15) is 5.56 Å². The Morgan fingerprint density at radius 2 is 1.64 bits per heavy atom. The van der Waals surface area contributed by atoms with E-state index in [1.54, 1.807) is 24.3 Å². The number of methoxy groups -OCH3 is 1. The SMILES string of the molecule is COc1cc(NS(C)(=O)=O)ccc1Nc1c2ccc(Cl)cc2nc2cc(C(F)(F)F)ccc12. The van der Waals surface area contributed by atoms with Crippen molar-refractivity contribution >= 4 is 60.5 Å². The van der Waals surface area contributed by atoms with Crippen LogP contribution in [0, 0.1) is 0 Å². The topological polar surface area (TPSA) is 80.3 Å². The zero-order valence-corrected chi connectivity index (χ0v) is 18.9. The Labute approximate surface area is 192 Å². The van der Waals surface area contributed by atoms with Crippen LogP contribution in [0.2, 0.25) is 5.02 Å². The van der Waals surface area contributed by atoms with Gasteiger partial charge in [-0.05, 0) is 42.5 Å². The highest BCUT2D eigenvalue weighted by Crippen LogP contribution is 2.39. The van der Waals surface area contributed by atoms with Gasteiger partial charge in [0.15, 0.2) is 0 Å². The van der Waals surface area contributed by atoms with Crippen LogP contribution in [-0.4, -0.2) is 26.8 Å². The molecule has 1 aromatic heterocycles. The summed E-state index contributed by atoms with van der Waals surface area (Å²) in [6.45, 7) is 0. The van der Waals surface area contributed by atoms with E-state index in [-0.39, 0.29) is 5.52 Å². The van der Waals surface area contributed by atoms with E-state index in [4.69, 9.17) is 16.3 Å². The normalized spacial score (nSPS) is 12.2. The second-order valence-corrected chi connectivity index (χ2v) is 9.48. The minimum Gasteiger partial charge on any atom is -0.494 e. The number of benzene rings is 3. The van der Waals surface area contributed by atoms with E-state index < -0.39 is 21.8 Å². The van der Waals surface area contributed by atoms with Crippen molar-refractivity contribution in [1.82, 2.24) is 4.98 Å². The summed E-state index contributed by atoms with van der Waals surface area (Å²) in [5.41, 5.74) is 1.000. The van der Waals surface area contributed by atoms with Gasteiger partial charge >= 0.3 is 6.18 Å². The number of halogens is 4. The monoisotopic (exact) mass is 495 g/mol. The molecular formula is C22H17ClF3N3O3S. The molecule has 0 fully saturated rings. The lowest BCUT2D eigenvalue weighted by molar-refractivity contribution is -0.137. The van der Waals surface area contributed by atoms with Crippen LogP contribution < -0.4 is 14.8 Å². The second kappa shape index (κ2) is 8.27. The van der Waals surface area contributed by atoms with Crippen LogP contribution in [0.3, 0.4) is 0 Å². The highest BCUT2D eigenvalue weighted by atomic mass is 35.5. The lowest BCUT2D eigenvalue weighted by Gasteiger charge is -2.17. The van der Waals surface area contributed by atoms with Crippen molar-refractivity contribution in [2.75, 3.05) is 23.4 Å². The molecule has 0 unspecified atom stereocenters. The first-order chi connectivity index (χ1) is 15.4. The first-order valence-electron chi connectivity index (χ1n) is 9.48. The van der Waals surface area contributed by atoms with E-state index in [1.807, 2.05) is 0 Å². The van der Waals surface area contributed by atoms with Crippen molar-refractivity contribution in [3.05, 3.63) is 65.2 Å². The Morgan fingerprint density at radius 3 is 2.27 bits per heavy atom. The number of nitrogens with one attached hydrogen (secondary N) is 2. The average Bonchev–Trinajstić information content (AvgIpc) is 2.72. The number of pyridine rings is 1. The highest BCUT2D eigenvalue weighted by molar-refractivity contribution is 7.92. The third-order valence-electron chi connectivity index (χ3n) is 4.83. The van der Waals surface area contributed by atoms with Crippen molar-refractivity contribution in [2.45, 2.75) is 6.18 Å². The van der Waals surface area contributed by atoms with Crippen molar-refractivity contribution < 1.29 is 26.3 Å². The fourth-order valence-electron chi connectivity index (χ4n) is 3.44. The molecule has 0 aliphatic rings. The van der Waals surface area contributed by atoms with Gasteiger partial charge in [-0.3, -0.25) is 4.72 Å². The molecule has 0 bridgehead atoms. The van der Waals surface area contributed by atoms with Crippen LogP contribution >= 0.6 is 11.6 Å². The largest absolute Gasteiger partial charge is 0.494 e. The number of aromatic nitrogens is 1. The zero-order chi connectivity index (χ0) is 24.0. The first kappa shape index (κ1) is 22.9. The van der Waals surface area contributed by atoms with Crippen LogP contribution in [0.15, 0.2) is 54.6 Å². The number of alkyl halides is 3. The number of nitrogens with zero attached hydrogens (tertiary/aromatic N) is 1. The maximum atomic E-state index is 13.3. The molecule has 172 valence electrons. The van der Waals surface area contributed by atoms with Crippen LogP contribution in [0.25, 0.3) is 21.8 Å². The number of fused-ring (bicyclic) bond motifs is 2. The van der Waals surface area contributed by atoms with Crippen LogP contribution in [0.4, 0.5) is 30.2 Å². The molecule has 0 spiro atoms. The Bertz CT molecular complexity index is 1490. The summed E-state index contributed by atoms with van der Waals surface area (Å²) >= 11 is 6.09. The molecule has 0 saturated heterocycles. The van der Waals surface area contributed by atoms with E-state index in [2.05, 4.69) is 15.0 Å². The van der Waals surface area contributed by atoms with Gasteiger partial charge < -0.3 is 10.1 Å². The molecule has 6 nitrogen and oxygen atoms in total. The summed E-state index contributed by atoms with van der Waals surface area (Å²) in [4.78, 5) is 4.38. The molecule has 3 aromatic carbocycles. The highest BCUT2D eigenvalue weighted by Gasteiger charge is 2.31. The molecule has 0 aliphatic heterocycles. The second-order valence-electron chi connectivity index (χ2n) is 7.29. The third kappa shape index (κ3) is 4.91. The molecule has 0 aliphatic carbocycles. The maximum Gasteiger partial charge on any atom is 0.416 e. The average molecular weight is 496 g/mol. The molecule has 0 amide bonds. The molecule has 11 heteroatoms. The van der Waals surface area contributed by atoms with E-state index in [0.717, 1.165) is 18.4 Å². The van der Waals surface area contributed by atoms with Gasteiger partial charge in [-0.15, -0.1) is 0 Å². The number of ether oxygens (including phenoxy) is 1. The van der Waals surface area contributed by atoms with Gasteiger partial charge in [-0.25, -0.2) is 13.4 Å². The summed E-state index contributed by atoms with van der Waals surface area (Å²) in [6, 6.07) is 12.9. The quantitative estimate of drug-likeness (QED) is 0.323. The van der Waals surface area contributed by atoms with E-state index >= 15 is 0 Å². The molecule has 0 radical (unpaired) electrons. The van der Waals surface area contributed by atoms with Crippen LogP contribution in [0.5, 0.6) is 5.75 Å². The molecule has 0 atom stereocenters. The molecule has 0 saturated carbocycles. The molecular weight excluding hydrogens is 479 g/mol. The van der Waals surface area contributed by atoms with Gasteiger partial charge in [0, 0.05) is 21.9 Å². The Morgan fingerprint density at radius 1 is 0.970 bits per heavy atom. The Hall–Kier alpha value is -3.24. The summed E-state index contributed by atoms with van der Waals surface area (Å²) in [6.07, 6.45) is -3.49. The molecule has 1 heterocycles. The molecule has 4 aromatic rings. The van der Waals surface area contributed by atoms with Crippen molar-refractivity contribution in [1.29, 1.82) is 0 Å². The minimum atomic E-state index is -4.52. The van der Waals surface area contributed by atoms with Crippen LogP contribution in [-0.2, 0) is 16.2 Å². The van der Waals surface area contributed by atoms with E-state index in [9.17, 15) is 21.6 Å². The van der Waals surface area contributed by atoms with Gasteiger partial charge in [-0.2, -0.15) is 13.2 Å². The Kier molecular flexibility index (Phi) is 5.75. The summed E-state index contributed by atoms with van der Waals surface area (Å²) in [7, 11) is -2.07. The molecule has 2 N–H and O–H groups in total. The van der Waals surface area contributed by atoms with Gasteiger partial charge in [0.05, 0.1) is 47.0 Å². The number of rotatable bonds is 5. The van der Waals surface area contributed by atoms with Crippen molar-refractivity contribution in [2.24, 2.45) is 0 Å². The number of hydrogen-bond donors (Lipinski definition) is 2. The summed E-state index contributed by atoms with van der Waals surface area (Å²) < 4.78 is 70.6.